The molecule has 0 bridgehead atoms. The predicted molar refractivity (Wildman–Crippen MR) is 103 cm³/mol. The Morgan fingerprint density at radius 3 is 2.56 bits per heavy atom. The summed E-state index contributed by atoms with van der Waals surface area (Å²) < 4.78 is 7.43. The Bertz CT molecular complexity index is 837. The molecule has 2 aromatic rings. The van der Waals surface area contributed by atoms with Crippen molar-refractivity contribution < 1.29 is 9.53 Å². The zero-order valence-corrected chi connectivity index (χ0v) is 17.1. The fraction of sp³-hybridized carbons (Fsp3) is 0.600. The maximum Gasteiger partial charge on any atom is 0.410 e. The Morgan fingerprint density at radius 1 is 1.22 bits per heavy atom. The van der Waals surface area contributed by atoms with E-state index in [1.54, 1.807) is 17.3 Å². The molecule has 0 saturated carbocycles. The van der Waals surface area contributed by atoms with Crippen molar-refractivity contribution >= 4 is 6.09 Å². The highest BCUT2D eigenvalue weighted by atomic mass is 16.6. The molecule has 1 atom stereocenters. The van der Waals surface area contributed by atoms with Gasteiger partial charge in [0.15, 0.2) is 0 Å². The van der Waals surface area contributed by atoms with Crippen LogP contribution in [0, 0.1) is 13.8 Å². The molecule has 0 aromatic carbocycles. The van der Waals surface area contributed by atoms with Gasteiger partial charge in [0.05, 0.1) is 17.1 Å². The number of carbonyl (C=O) groups excluding carboxylic acids is 1. The summed E-state index contributed by atoms with van der Waals surface area (Å²) in [5.74, 6) is 0.133. The van der Waals surface area contributed by atoms with Gasteiger partial charge in [-0.05, 0) is 47.5 Å². The van der Waals surface area contributed by atoms with Crippen LogP contribution >= 0.6 is 0 Å². The minimum absolute atomic E-state index is 0.133. The van der Waals surface area contributed by atoms with Crippen LogP contribution in [0.4, 0.5) is 4.79 Å². The normalized spacial score (nSPS) is 17.9. The Balaban J connectivity index is 1.90. The summed E-state index contributed by atoms with van der Waals surface area (Å²) in [6.07, 6.45) is 5.09. The molecular weight excluding hydrogens is 342 g/mol. The van der Waals surface area contributed by atoms with E-state index in [1.807, 2.05) is 46.3 Å². The van der Waals surface area contributed by atoms with Gasteiger partial charge in [-0.2, -0.15) is 5.10 Å². The van der Waals surface area contributed by atoms with Crippen molar-refractivity contribution in [3.05, 3.63) is 29.5 Å². The van der Waals surface area contributed by atoms with Gasteiger partial charge in [0.1, 0.15) is 5.60 Å². The van der Waals surface area contributed by atoms with Gasteiger partial charge in [-0.3, -0.25) is 14.6 Å². The summed E-state index contributed by atoms with van der Waals surface area (Å²) >= 11 is 0. The second-order valence-corrected chi connectivity index (χ2v) is 8.23. The van der Waals surface area contributed by atoms with E-state index >= 15 is 0 Å². The number of piperidine rings is 1. The average Bonchev–Trinajstić information content (AvgIpc) is 2.86. The maximum absolute atomic E-state index is 12.5. The van der Waals surface area contributed by atoms with Crippen LogP contribution < -0.4 is 0 Å². The van der Waals surface area contributed by atoms with E-state index in [9.17, 15) is 4.79 Å². The van der Waals surface area contributed by atoms with Crippen LogP contribution in [0.1, 0.15) is 56.6 Å². The van der Waals surface area contributed by atoms with E-state index in [0.717, 1.165) is 41.2 Å². The first kappa shape index (κ1) is 19.3. The zero-order chi connectivity index (χ0) is 19.8. The zero-order valence-electron chi connectivity index (χ0n) is 17.1. The second kappa shape index (κ2) is 7.29. The van der Waals surface area contributed by atoms with Gasteiger partial charge in [0.2, 0.25) is 0 Å². The summed E-state index contributed by atoms with van der Waals surface area (Å²) in [5.41, 5.74) is 4.35. The quantitative estimate of drug-likeness (QED) is 0.806. The molecule has 0 N–H and O–H groups in total. The molecule has 146 valence electrons. The molecular formula is C20H29N5O2. The van der Waals surface area contributed by atoms with Crippen molar-refractivity contribution in [3.63, 3.8) is 0 Å². The Labute approximate surface area is 160 Å². The first-order valence-electron chi connectivity index (χ1n) is 9.46. The lowest BCUT2D eigenvalue weighted by atomic mass is 9.91. The van der Waals surface area contributed by atoms with E-state index in [-0.39, 0.29) is 12.0 Å². The molecule has 0 unspecified atom stereocenters. The van der Waals surface area contributed by atoms with Gasteiger partial charge in [-0.25, -0.2) is 4.79 Å². The highest BCUT2D eigenvalue weighted by Gasteiger charge is 2.31. The van der Waals surface area contributed by atoms with Gasteiger partial charge in [-0.15, -0.1) is 0 Å². The number of likely N-dealkylation sites (tertiary alicyclic amines) is 1. The first-order chi connectivity index (χ1) is 12.7. The third-order valence-corrected chi connectivity index (χ3v) is 4.93. The van der Waals surface area contributed by atoms with E-state index in [4.69, 9.17) is 4.74 Å². The molecule has 0 spiro atoms. The predicted octanol–water partition coefficient (Wildman–Crippen LogP) is 3.61. The van der Waals surface area contributed by atoms with Crippen molar-refractivity contribution in [2.45, 2.75) is 59.0 Å². The molecule has 1 aliphatic heterocycles. The van der Waals surface area contributed by atoms with Gasteiger partial charge >= 0.3 is 6.09 Å². The molecule has 0 radical (unpaired) electrons. The third-order valence-electron chi connectivity index (χ3n) is 4.93. The fourth-order valence-electron chi connectivity index (χ4n) is 3.65. The van der Waals surface area contributed by atoms with Crippen LogP contribution in [0.15, 0.2) is 12.4 Å². The van der Waals surface area contributed by atoms with E-state index in [1.165, 1.54) is 0 Å². The Kier molecular flexibility index (Phi) is 5.22. The monoisotopic (exact) mass is 371 g/mol. The highest BCUT2D eigenvalue weighted by Crippen LogP contribution is 2.34. The van der Waals surface area contributed by atoms with Crippen molar-refractivity contribution in [2.24, 2.45) is 7.05 Å². The molecule has 1 fully saturated rings. The molecule has 1 aliphatic rings. The first-order valence-corrected chi connectivity index (χ1v) is 9.46. The number of ether oxygens (including phenoxy) is 1. The summed E-state index contributed by atoms with van der Waals surface area (Å²) in [7, 11) is 1.94. The smallest absolute Gasteiger partial charge is 0.410 e. The topological polar surface area (TPSA) is 73.1 Å². The molecule has 3 heterocycles. The van der Waals surface area contributed by atoms with E-state index in [0.29, 0.717) is 13.1 Å². The minimum atomic E-state index is -0.494. The van der Waals surface area contributed by atoms with Crippen LogP contribution in [0.5, 0.6) is 0 Å². The van der Waals surface area contributed by atoms with Crippen molar-refractivity contribution in [2.75, 3.05) is 13.1 Å². The SMILES string of the molecule is Cc1nn(C)c(C)c1-c1nccnc1[C@@H]1CCCN(C(=O)OC(C)(C)C)C1. The number of nitrogens with zero attached hydrogens (tertiary/aromatic N) is 5. The van der Waals surface area contributed by atoms with E-state index < -0.39 is 5.60 Å². The molecule has 3 rings (SSSR count). The van der Waals surface area contributed by atoms with Gasteiger partial charge in [0.25, 0.3) is 0 Å². The van der Waals surface area contributed by atoms with E-state index in [2.05, 4.69) is 15.1 Å². The Hall–Kier alpha value is -2.44. The van der Waals surface area contributed by atoms with Crippen LogP contribution in [0.2, 0.25) is 0 Å². The molecule has 1 amide bonds. The average molecular weight is 371 g/mol. The summed E-state index contributed by atoms with van der Waals surface area (Å²) in [6, 6.07) is 0. The molecule has 7 nitrogen and oxygen atoms in total. The highest BCUT2D eigenvalue weighted by molar-refractivity contribution is 5.69. The molecule has 1 saturated heterocycles. The standard InChI is InChI=1S/C20H29N5O2/c1-13-16(14(2)24(6)23-13)18-17(21-9-10-22-18)15-8-7-11-25(12-15)19(26)27-20(3,4)5/h9-10,15H,7-8,11-12H2,1-6H3/t15-/m1/s1. The van der Waals surface area contributed by atoms with Crippen LogP contribution in [0.25, 0.3) is 11.3 Å². The largest absolute Gasteiger partial charge is 0.444 e. The molecule has 0 aliphatic carbocycles. The van der Waals surface area contributed by atoms with Gasteiger partial charge in [-0.1, -0.05) is 0 Å². The number of rotatable bonds is 2. The number of amides is 1. The number of hydrogen-bond donors (Lipinski definition) is 0. The van der Waals surface area contributed by atoms with Crippen molar-refractivity contribution in [3.8, 4) is 11.3 Å². The second-order valence-electron chi connectivity index (χ2n) is 8.23. The van der Waals surface area contributed by atoms with Crippen molar-refractivity contribution in [1.82, 2.24) is 24.6 Å². The number of hydrogen-bond acceptors (Lipinski definition) is 5. The number of carbonyl (C=O) groups is 1. The van der Waals surface area contributed by atoms with Gasteiger partial charge < -0.3 is 9.64 Å². The summed E-state index contributed by atoms with van der Waals surface area (Å²) in [5, 5.41) is 4.52. The number of aryl methyl sites for hydroxylation is 2. The van der Waals surface area contributed by atoms with Gasteiger partial charge in [0, 0.05) is 49.7 Å². The lowest BCUT2D eigenvalue weighted by molar-refractivity contribution is 0.0197. The summed E-state index contributed by atoms with van der Waals surface area (Å²) in [4.78, 5) is 23.6. The maximum atomic E-state index is 12.5. The van der Waals surface area contributed by atoms with Crippen LogP contribution in [-0.4, -0.2) is 49.4 Å². The minimum Gasteiger partial charge on any atom is -0.444 e. The summed E-state index contributed by atoms with van der Waals surface area (Å²) in [6.45, 7) is 11.0. The molecule has 7 heteroatoms. The molecule has 27 heavy (non-hydrogen) atoms. The number of aromatic nitrogens is 4. The molecule has 2 aromatic heterocycles. The fourth-order valence-corrected chi connectivity index (χ4v) is 3.65. The Morgan fingerprint density at radius 2 is 1.93 bits per heavy atom. The van der Waals surface area contributed by atoms with Crippen LogP contribution in [-0.2, 0) is 11.8 Å². The van der Waals surface area contributed by atoms with Crippen LogP contribution in [0.3, 0.4) is 0 Å². The van der Waals surface area contributed by atoms with Crippen molar-refractivity contribution in [1.29, 1.82) is 0 Å². The lowest BCUT2D eigenvalue weighted by Gasteiger charge is -2.34. The third kappa shape index (κ3) is 4.12. The lowest BCUT2D eigenvalue weighted by Crippen LogP contribution is -2.42.